The molecule has 1 heterocycles. The predicted octanol–water partition coefficient (Wildman–Crippen LogP) is 4.32. The van der Waals surface area contributed by atoms with Gasteiger partial charge in [-0.2, -0.15) is 11.8 Å². The van der Waals surface area contributed by atoms with Crippen LogP contribution in [-0.4, -0.2) is 262 Å². The fourth-order valence-corrected chi connectivity index (χ4v) is 13.1. The van der Waals surface area contributed by atoms with Crippen LogP contribution in [0.2, 0.25) is 0 Å². The third-order valence-corrected chi connectivity index (χ3v) is 19.0. The van der Waals surface area contributed by atoms with E-state index in [1.807, 2.05) is 68.4 Å². The summed E-state index contributed by atoms with van der Waals surface area (Å²) in [7, 11) is 10.1. The third kappa shape index (κ3) is 24.1. The van der Waals surface area contributed by atoms with Gasteiger partial charge >= 0.3 is 0 Å². The Hall–Kier alpha value is -5.82. The smallest absolute Gasteiger partial charge is 0.246 e. The highest BCUT2D eigenvalue weighted by Crippen LogP contribution is 2.26. The van der Waals surface area contributed by atoms with Crippen LogP contribution in [0, 0.1) is 41.4 Å². The molecule has 0 bridgehead atoms. The topological polar surface area (TPSA) is 282 Å². The van der Waals surface area contributed by atoms with Gasteiger partial charge in [-0.15, -0.1) is 0 Å². The Morgan fingerprint density at radius 1 is 0.462 bits per heavy atom. The molecule has 11 amide bonds. The maximum atomic E-state index is 15.4. The summed E-state index contributed by atoms with van der Waals surface area (Å²) in [5.41, 5.74) is 0. The normalized spacial score (nSPS) is 26.5. The van der Waals surface area contributed by atoms with Gasteiger partial charge in [0.25, 0.3) is 0 Å². The summed E-state index contributed by atoms with van der Waals surface area (Å²) in [6, 6.07) is -13.7. The highest BCUT2D eigenvalue weighted by atomic mass is 32.2. The van der Waals surface area contributed by atoms with E-state index in [0.717, 1.165) is 18.0 Å². The molecule has 0 radical (unpaired) electrons. The van der Waals surface area contributed by atoms with E-state index >= 15 is 28.8 Å². The number of amides is 11. The fourth-order valence-electron chi connectivity index (χ4n) is 11.9. The van der Waals surface area contributed by atoms with Gasteiger partial charge in [0.05, 0.1) is 6.10 Å². The molecule has 0 spiro atoms. The lowest BCUT2D eigenvalue weighted by Gasteiger charge is -2.41. The molecule has 93 heavy (non-hydrogen) atoms. The largest absolute Gasteiger partial charge is 0.390 e. The van der Waals surface area contributed by atoms with Gasteiger partial charge in [-0.3, -0.25) is 52.7 Å². The maximum absolute atomic E-state index is 15.4. The average Bonchev–Trinajstić information content (AvgIpc) is 0.841. The van der Waals surface area contributed by atoms with E-state index in [1.165, 1.54) is 104 Å². The molecule has 24 nitrogen and oxygen atoms in total. The van der Waals surface area contributed by atoms with Crippen molar-refractivity contribution in [3.05, 3.63) is 12.2 Å². The van der Waals surface area contributed by atoms with E-state index in [9.17, 15) is 29.1 Å². The molecule has 1 rings (SSSR count). The number of allylic oxidation sites excluding steroid dienone is 2. The highest BCUT2D eigenvalue weighted by molar-refractivity contribution is 7.99. The SMILES string of the molecule is C/C=C/C[C@@H](C)[C@@H](O)[C@H]1C(=O)N[C@@H](CC)C(=O)N(C)[C@H](CSCCN(CC)CC)C(=O)N(C)[C@@H](C(C)C)C(=O)N[C@H](C(C)C)C(=O)N(C)[C@H](CC(C)C)C(=O)N[C@H](C)C(=O)N[C@@H](C)C(=O)N(C)[C@@H](CC(C)C)C(=O)N(C)[C@@H](CC(C)C)C(=O)N(C)[C@@H](C(C)C)C(=O)N1C. The van der Waals surface area contributed by atoms with Crippen LogP contribution in [0.1, 0.15) is 164 Å². The summed E-state index contributed by atoms with van der Waals surface area (Å²) in [5, 5.41) is 23.5. The van der Waals surface area contributed by atoms with Gasteiger partial charge in [0.15, 0.2) is 0 Å². The molecule has 0 aromatic rings. The Morgan fingerprint density at radius 2 is 0.882 bits per heavy atom. The Balaban J connectivity index is 4.52. The van der Waals surface area contributed by atoms with E-state index in [1.54, 1.807) is 61.5 Å². The molecule has 13 atom stereocenters. The zero-order valence-corrected chi connectivity index (χ0v) is 62.4. The zero-order chi connectivity index (χ0) is 72.0. The Kier molecular flexibility index (Phi) is 36.6. The van der Waals surface area contributed by atoms with Gasteiger partial charge in [-0.25, -0.2) is 0 Å². The molecule has 0 aromatic carbocycles. The van der Waals surface area contributed by atoms with E-state index in [4.69, 9.17) is 0 Å². The van der Waals surface area contributed by atoms with Crippen LogP contribution in [0.25, 0.3) is 0 Å². The van der Waals surface area contributed by atoms with Crippen LogP contribution >= 0.6 is 11.8 Å². The molecule has 1 aliphatic rings. The van der Waals surface area contributed by atoms with Crippen LogP contribution in [0.15, 0.2) is 12.2 Å². The second-order valence-corrected chi connectivity index (χ2v) is 29.1. The van der Waals surface area contributed by atoms with Crippen LogP contribution in [0.3, 0.4) is 0 Å². The van der Waals surface area contributed by atoms with Crippen LogP contribution < -0.4 is 21.3 Å². The van der Waals surface area contributed by atoms with Crippen molar-refractivity contribution < 1.29 is 57.8 Å². The van der Waals surface area contributed by atoms with Crippen molar-refractivity contribution in [3.8, 4) is 0 Å². The number of nitrogens with zero attached hydrogens (tertiary/aromatic N) is 8. The second kappa shape index (κ2) is 39.9. The number of likely N-dealkylation sites (N-methyl/N-ethyl adjacent to an activating group) is 7. The lowest BCUT2D eigenvalue weighted by Crippen LogP contribution is -2.64. The van der Waals surface area contributed by atoms with E-state index < -0.39 is 161 Å². The summed E-state index contributed by atoms with van der Waals surface area (Å²) in [6.07, 6.45) is 2.86. The molecule has 1 saturated heterocycles. The Morgan fingerprint density at radius 3 is 1.34 bits per heavy atom. The minimum atomic E-state index is -1.63. The molecule has 534 valence electrons. The number of carbonyl (C=O) groups is 11. The summed E-state index contributed by atoms with van der Waals surface area (Å²) < 4.78 is 0. The molecule has 1 fully saturated rings. The lowest BCUT2D eigenvalue weighted by molar-refractivity contribution is -0.157. The van der Waals surface area contributed by atoms with E-state index in [2.05, 4.69) is 26.2 Å². The van der Waals surface area contributed by atoms with Crippen molar-refractivity contribution in [1.82, 2.24) is 60.5 Å². The summed E-state index contributed by atoms with van der Waals surface area (Å²) in [4.78, 5) is 175. The number of hydrogen-bond donors (Lipinski definition) is 5. The van der Waals surface area contributed by atoms with Gasteiger partial charge in [-0.05, 0) is 107 Å². The number of aliphatic hydroxyl groups excluding tert-OH is 1. The van der Waals surface area contributed by atoms with Crippen LogP contribution in [0.4, 0.5) is 0 Å². The van der Waals surface area contributed by atoms with Crippen molar-refractivity contribution in [3.63, 3.8) is 0 Å². The number of hydrogen-bond acceptors (Lipinski definition) is 14. The molecule has 0 unspecified atom stereocenters. The Labute approximate surface area is 562 Å². The number of nitrogens with one attached hydrogen (secondary N) is 4. The van der Waals surface area contributed by atoms with Gasteiger partial charge in [-0.1, -0.05) is 123 Å². The van der Waals surface area contributed by atoms with E-state index in [0.29, 0.717) is 18.7 Å². The molecule has 5 N–H and O–H groups in total. The van der Waals surface area contributed by atoms with E-state index in [-0.39, 0.29) is 49.2 Å². The molecule has 0 aromatic heterocycles. The summed E-state index contributed by atoms with van der Waals surface area (Å²) in [6.45, 7) is 36.2. The average molecular weight is 1330 g/mol. The quantitative estimate of drug-likeness (QED) is 0.0791. The highest BCUT2D eigenvalue weighted by Gasteiger charge is 2.46. The molecule has 25 heteroatoms. The first-order valence-electron chi connectivity index (χ1n) is 33.8. The first kappa shape index (κ1) is 85.2. The fraction of sp³-hybridized carbons (Fsp3) is 0.809. The summed E-state index contributed by atoms with van der Waals surface area (Å²) >= 11 is 1.44. The third-order valence-electron chi connectivity index (χ3n) is 18.0. The maximum Gasteiger partial charge on any atom is 0.246 e. The van der Waals surface area contributed by atoms with Crippen molar-refractivity contribution in [1.29, 1.82) is 0 Å². The van der Waals surface area contributed by atoms with Gasteiger partial charge in [0.2, 0.25) is 65.0 Å². The number of rotatable bonds is 21. The van der Waals surface area contributed by atoms with Crippen molar-refractivity contribution in [2.75, 3.05) is 80.5 Å². The zero-order valence-electron chi connectivity index (χ0n) is 61.6. The number of aliphatic hydroxyl groups is 1. The van der Waals surface area contributed by atoms with Gasteiger partial charge in [0, 0.05) is 67.4 Å². The predicted molar refractivity (Wildman–Crippen MR) is 368 cm³/mol. The minimum Gasteiger partial charge on any atom is -0.390 e. The van der Waals surface area contributed by atoms with Crippen LogP contribution in [-0.2, 0) is 52.7 Å². The van der Waals surface area contributed by atoms with Gasteiger partial charge < -0.3 is 65.6 Å². The van der Waals surface area contributed by atoms with Crippen molar-refractivity contribution >= 4 is 76.7 Å². The number of carbonyl (C=O) groups excluding carboxylic acids is 11. The standard InChI is InChI=1S/C68H124N12O12S/c1-27-31-32-45(17)57(81)56-61(85)71-48(28-2)63(87)76(23)52(38-93-34-33-80(29-3)30-4)66(90)77(24)54(43(13)14)60(84)72-53(42(11)12)67(91)73(20)49(35-39(5)6)59(83)69-46(18)58(82)70-47(19)62(86)74(21)50(36-40(7)8)64(88)75(22)51(37-41(9)10)65(89)78(25)55(44(15)16)68(92)79(56)26/h27,31,39-57,81H,28-30,32-38H2,1-26H3,(H,69,83)(H,70,82)(H,71,85)(H,72,84)/b31-27+/t45-,46-,47+,48+,49-,50+,51+,52-,53-,54+,55+,56+,57-/m1/s1. The molecule has 1 aliphatic heterocycles. The molecule has 0 aliphatic carbocycles. The van der Waals surface area contributed by atoms with Crippen molar-refractivity contribution in [2.45, 2.75) is 236 Å². The van der Waals surface area contributed by atoms with Crippen molar-refractivity contribution in [2.24, 2.45) is 41.4 Å². The first-order chi connectivity index (χ1) is 43.1. The molecule has 0 saturated carbocycles. The number of thioether (sulfide) groups is 1. The minimum absolute atomic E-state index is 0.00945. The monoisotopic (exact) mass is 1330 g/mol. The second-order valence-electron chi connectivity index (χ2n) is 28.0. The Bertz CT molecular complexity index is 2510. The molecular formula is C68H124N12O12S. The van der Waals surface area contributed by atoms with Gasteiger partial charge in [0.1, 0.15) is 66.5 Å². The first-order valence-corrected chi connectivity index (χ1v) is 35.0. The molecular weight excluding hydrogens is 1210 g/mol. The lowest BCUT2D eigenvalue weighted by atomic mass is 9.91. The van der Waals surface area contributed by atoms with Crippen LogP contribution in [0.5, 0.6) is 0 Å². The summed E-state index contributed by atoms with van der Waals surface area (Å²) in [5.74, 6) is -9.48.